The van der Waals surface area contributed by atoms with Gasteiger partial charge in [-0.05, 0) is 29.8 Å². The van der Waals surface area contributed by atoms with Gasteiger partial charge >= 0.3 is 0 Å². The zero-order valence-corrected chi connectivity index (χ0v) is 16.4. The Bertz CT molecular complexity index is 912. The third kappa shape index (κ3) is 3.24. The number of β-lactam (4-membered cyclic amide) rings is 1. The van der Waals surface area contributed by atoms with Crippen LogP contribution in [-0.4, -0.2) is 49.9 Å². The minimum Gasteiger partial charge on any atom is -0.341 e. The van der Waals surface area contributed by atoms with Crippen molar-refractivity contribution in [3.8, 4) is 0 Å². The van der Waals surface area contributed by atoms with Crippen molar-refractivity contribution in [2.45, 2.75) is 15.8 Å². The summed E-state index contributed by atoms with van der Waals surface area (Å²) in [4.78, 5) is 41.7. The largest absolute Gasteiger partial charge is 0.341 e. The van der Waals surface area contributed by atoms with Gasteiger partial charge in [-0.2, -0.15) is 0 Å². The van der Waals surface area contributed by atoms with Crippen molar-refractivity contribution in [2.75, 3.05) is 11.5 Å². The van der Waals surface area contributed by atoms with E-state index < -0.39 is 11.3 Å². The second-order valence-corrected chi connectivity index (χ2v) is 9.32. The number of nitrogens with one attached hydrogen (secondary N) is 1. The lowest BCUT2D eigenvalue weighted by Gasteiger charge is -2.48. The van der Waals surface area contributed by atoms with Crippen LogP contribution in [0.3, 0.4) is 0 Å². The lowest BCUT2D eigenvalue weighted by Crippen LogP contribution is -2.70. The number of carbonyl (C=O) groups is 3. The standard InChI is InChI=1S/C16H12ClN3O3S3/c17-13(22)9-5-6-24-15-12(14(23)20(9)15)19-11(21)7-25-16-18-8-3-1-2-4-10(8)26-16/h1-5,12,15H,6-7H2,(H,19,21). The Hall–Kier alpha value is -1.55. The number of benzene rings is 1. The number of aromatic nitrogens is 1. The molecule has 1 fully saturated rings. The Morgan fingerprint density at radius 1 is 1.38 bits per heavy atom. The molecular formula is C16H12ClN3O3S3. The van der Waals surface area contributed by atoms with Crippen LogP contribution in [0.1, 0.15) is 0 Å². The molecule has 134 valence electrons. The van der Waals surface area contributed by atoms with Gasteiger partial charge in [-0.25, -0.2) is 4.98 Å². The molecule has 4 rings (SSSR count). The van der Waals surface area contributed by atoms with Gasteiger partial charge in [0.05, 0.1) is 16.0 Å². The predicted octanol–water partition coefficient (Wildman–Crippen LogP) is 2.44. The number of hydrogen-bond donors (Lipinski definition) is 1. The second-order valence-electron chi connectivity index (χ2n) is 5.58. The lowest BCUT2D eigenvalue weighted by molar-refractivity contribution is -0.146. The van der Waals surface area contributed by atoms with Gasteiger partial charge in [0.2, 0.25) is 5.91 Å². The van der Waals surface area contributed by atoms with Crippen LogP contribution in [0.5, 0.6) is 0 Å². The van der Waals surface area contributed by atoms with Crippen LogP contribution in [0.15, 0.2) is 40.4 Å². The number of thioether (sulfide) groups is 2. The number of allylic oxidation sites excluding steroid dienone is 1. The molecule has 0 saturated carbocycles. The highest BCUT2D eigenvalue weighted by Gasteiger charge is 2.52. The van der Waals surface area contributed by atoms with Crippen molar-refractivity contribution in [3.05, 3.63) is 36.0 Å². The topological polar surface area (TPSA) is 79.4 Å². The number of carbonyl (C=O) groups excluding carboxylic acids is 3. The first-order chi connectivity index (χ1) is 12.5. The molecule has 0 bridgehead atoms. The van der Waals surface area contributed by atoms with Crippen molar-refractivity contribution in [1.82, 2.24) is 15.2 Å². The Labute approximate surface area is 166 Å². The molecule has 10 heteroatoms. The van der Waals surface area contributed by atoms with Crippen molar-refractivity contribution in [2.24, 2.45) is 0 Å². The average Bonchev–Trinajstić information content (AvgIpc) is 3.06. The van der Waals surface area contributed by atoms with E-state index in [1.54, 1.807) is 6.08 Å². The number of rotatable bonds is 5. The smallest absolute Gasteiger partial charge is 0.268 e. The number of nitrogens with zero attached hydrogens (tertiary/aromatic N) is 2. The van der Waals surface area contributed by atoms with E-state index in [2.05, 4.69) is 10.3 Å². The summed E-state index contributed by atoms with van der Waals surface area (Å²) < 4.78 is 1.89. The summed E-state index contributed by atoms with van der Waals surface area (Å²) in [6.45, 7) is 0. The minimum atomic E-state index is -0.653. The van der Waals surface area contributed by atoms with Gasteiger partial charge in [0.15, 0.2) is 4.34 Å². The van der Waals surface area contributed by atoms with E-state index in [1.807, 2.05) is 24.3 Å². The van der Waals surface area contributed by atoms with E-state index in [4.69, 9.17) is 11.6 Å². The Morgan fingerprint density at radius 2 is 2.19 bits per heavy atom. The van der Waals surface area contributed by atoms with Crippen molar-refractivity contribution >= 4 is 73.7 Å². The Balaban J connectivity index is 1.35. The van der Waals surface area contributed by atoms with Crippen LogP contribution in [-0.2, 0) is 14.4 Å². The Kier molecular flexibility index (Phi) is 4.96. The monoisotopic (exact) mass is 425 g/mol. The fourth-order valence-electron chi connectivity index (χ4n) is 2.78. The molecular weight excluding hydrogens is 414 g/mol. The minimum absolute atomic E-state index is 0.179. The van der Waals surface area contributed by atoms with E-state index in [0.29, 0.717) is 5.75 Å². The maximum absolute atomic E-state index is 12.3. The summed E-state index contributed by atoms with van der Waals surface area (Å²) in [5.41, 5.74) is 1.11. The zero-order chi connectivity index (χ0) is 18.3. The molecule has 1 aromatic heterocycles. The molecule has 2 aliphatic heterocycles. The van der Waals surface area contributed by atoms with Gasteiger partial charge in [0, 0.05) is 5.75 Å². The molecule has 6 nitrogen and oxygen atoms in total. The highest BCUT2D eigenvalue weighted by Crippen LogP contribution is 2.38. The maximum Gasteiger partial charge on any atom is 0.268 e. The van der Waals surface area contributed by atoms with Crippen LogP contribution >= 0.6 is 46.5 Å². The van der Waals surface area contributed by atoms with E-state index in [0.717, 1.165) is 14.6 Å². The molecule has 0 radical (unpaired) electrons. The molecule has 2 amide bonds. The average molecular weight is 426 g/mol. The van der Waals surface area contributed by atoms with Crippen LogP contribution in [0, 0.1) is 0 Å². The number of fused-ring (bicyclic) bond motifs is 2. The van der Waals surface area contributed by atoms with Gasteiger partial charge in [0.25, 0.3) is 11.1 Å². The van der Waals surface area contributed by atoms with Crippen LogP contribution in [0.4, 0.5) is 0 Å². The van der Waals surface area contributed by atoms with Gasteiger partial charge in [-0.3, -0.25) is 19.3 Å². The zero-order valence-electron chi connectivity index (χ0n) is 13.2. The molecule has 2 aromatic rings. The molecule has 3 heterocycles. The molecule has 1 aromatic carbocycles. The van der Waals surface area contributed by atoms with E-state index >= 15 is 0 Å². The molecule has 2 unspecified atom stereocenters. The number of thiazole rings is 1. The van der Waals surface area contributed by atoms with Gasteiger partial charge < -0.3 is 5.32 Å². The van der Waals surface area contributed by atoms with E-state index in [1.165, 1.54) is 39.8 Å². The number of amides is 2. The molecule has 2 atom stereocenters. The summed E-state index contributed by atoms with van der Waals surface area (Å²) in [5.74, 6) is 0.217. The fraction of sp³-hybridized carbons (Fsp3) is 0.250. The molecule has 0 spiro atoms. The van der Waals surface area contributed by atoms with Gasteiger partial charge in [-0.1, -0.05) is 23.9 Å². The number of para-hydroxylation sites is 1. The third-order valence-corrected chi connectivity index (χ3v) is 7.52. The molecule has 26 heavy (non-hydrogen) atoms. The van der Waals surface area contributed by atoms with Gasteiger partial charge in [-0.15, -0.1) is 23.1 Å². The van der Waals surface area contributed by atoms with Crippen molar-refractivity contribution in [3.63, 3.8) is 0 Å². The lowest BCUT2D eigenvalue weighted by atomic mass is 10.1. The quantitative estimate of drug-likeness (QED) is 0.450. The third-order valence-electron chi connectivity index (χ3n) is 3.97. The van der Waals surface area contributed by atoms with Crippen molar-refractivity contribution in [1.29, 1.82) is 0 Å². The van der Waals surface area contributed by atoms with Crippen LogP contribution in [0.25, 0.3) is 10.2 Å². The van der Waals surface area contributed by atoms with Crippen molar-refractivity contribution < 1.29 is 14.4 Å². The van der Waals surface area contributed by atoms with Crippen LogP contribution < -0.4 is 5.32 Å². The SMILES string of the molecule is O=C(CSc1nc2ccccc2s1)NC1C(=O)N2C(C(=O)Cl)=CCSC12. The summed E-state index contributed by atoms with van der Waals surface area (Å²) in [5, 5.41) is 1.82. The summed E-state index contributed by atoms with van der Waals surface area (Å²) in [6, 6.07) is 7.17. The van der Waals surface area contributed by atoms with Crippen LogP contribution in [0.2, 0.25) is 0 Å². The maximum atomic E-state index is 12.3. The highest BCUT2D eigenvalue weighted by molar-refractivity contribution is 8.01. The highest BCUT2D eigenvalue weighted by atomic mass is 35.5. The first-order valence-corrected chi connectivity index (χ1v) is 10.9. The van der Waals surface area contributed by atoms with Gasteiger partial charge in [0.1, 0.15) is 17.1 Å². The number of halogens is 1. The molecule has 2 aliphatic rings. The molecule has 1 saturated heterocycles. The first kappa shape index (κ1) is 17.8. The predicted molar refractivity (Wildman–Crippen MR) is 104 cm³/mol. The fourth-order valence-corrected chi connectivity index (χ4v) is 6.02. The number of hydrogen-bond acceptors (Lipinski definition) is 7. The molecule has 1 N–H and O–H groups in total. The summed E-state index contributed by atoms with van der Waals surface area (Å²) in [7, 11) is 0. The normalized spacial score (nSPS) is 21.8. The summed E-state index contributed by atoms with van der Waals surface area (Å²) in [6.07, 6.45) is 1.63. The summed E-state index contributed by atoms with van der Waals surface area (Å²) >= 11 is 9.88. The van der Waals surface area contributed by atoms with E-state index in [-0.39, 0.29) is 28.6 Å². The molecule has 0 aliphatic carbocycles. The first-order valence-electron chi connectivity index (χ1n) is 7.67. The van der Waals surface area contributed by atoms with E-state index in [9.17, 15) is 14.4 Å². The second kappa shape index (κ2) is 7.22. The Morgan fingerprint density at radius 3 is 2.96 bits per heavy atom.